The molecule has 144 valence electrons. The Morgan fingerprint density at radius 2 is 1.78 bits per heavy atom. The molecule has 1 aromatic heterocycles. The summed E-state index contributed by atoms with van der Waals surface area (Å²) in [6, 6.07) is 9.98. The van der Waals surface area contributed by atoms with Crippen molar-refractivity contribution in [1.29, 1.82) is 0 Å². The monoisotopic (exact) mass is 389 g/mol. The number of furan rings is 1. The molecule has 1 aromatic carbocycles. The predicted molar refractivity (Wildman–Crippen MR) is 106 cm³/mol. The van der Waals surface area contributed by atoms with Gasteiger partial charge in [-0.25, -0.2) is 0 Å². The van der Waals surface area contributed by atoms with Crippen LogP contribution in [0.4, 0.5) is 11.4 Å². The van der Waals surface area contributed by atoms with Gasteiger partial charge in [-0.3, -0.25) is 9.59 Å². The second-order valence-electron chi connectivity index (χ2n) is 7.27. The number of anilines is 2. The van der Waals surface area contributed by atoms with Gasteiger partial charge < -0.3 is 20.4 Å². The molecule has 3 N–H and O–H groups in total. The van der Waals surface area contributed by atoms with Crippen molar-refractivity contribution in [1.82, 2.24) is 5.32 Å². The lowest BCUT2D eigenvalue weighted by atomic mass is 9.89. The number of carbonyl (C=O) groups excluding carboxylic acids is 2. The fraction of sp³-hybridized carbons (Fsp3) is 0.400. The van der Waals surface area contributed by atoms with Crippen molar-refractivity contribution in [3.63, 3.8) is 0 Å². The molecule has 0 radical (unpaired) electrons. The molecule has 2 aromatic rings. The van der Waals surface area contributed by atoms with Crippen LogP contribution in [0.15, 0.2) is 47.3 Å². The predicted octanol–water partition coefficient (Wildman–Crippen LogP) is 3.81. The Kier molecular flexibility index (Phi) is 6.19. The second-order valence-corrected chi connectivity index (χ2v) is 7.27. The minimum absolute atomic E-state index is 0. The van der Waals surface area contributed by atoms with Crippen molar-refractivity contribution in [2.75, 3.05) is 10.6 Å². The summed E-state index contributed by atoms with van der Waals surface area (Å²) in [7, 11) is 0. The van der Waals surface area contributed by atoms with Gasteiger partial charge in [0.05, 0.1) is 11.8 Å². The highest BCUT2D eigenvalue weighted by molar-refractivity contribution is 6.04. The summed E-state index contributed by atoms with van der Waals surface area (Å²) in [5.74, 6) is 0.250. The van der Waals surface area contributed by atoms with E-state index in [1.165, 1.54) is 25.4 Å². The minimum atomic E-state index is -0.243. The van der Waals surface area contributed by atoms with Crippen LogP contribution in [0.1, 0.15) is 42.5 Å². The minimum Gasteiger partial charge on any atom is -0.472 e. The molecule has 0 saturated carbocycles. The molecule has 0 spiro atoms. The average molecular weight is 390 g/mol. The van der Waals surface area contributed by atoms with Crippen molar-refractivity contribution in [3.8, 4) is 0 Å². The topological polar surface area (TPSA) is 83.4 Å². The molecule has 3 heterocycles. The highest BCUT2D eigenvalue weighted by Gasteiger charge is 2.34. The van der Waals surface area contributed by atoms with Crippen molar-refractivity contribution in [3.05, 3.63) is 48.4 Å². The standard InChI is InChI=1S/C20H23N3O3.ClH/c24-19(10-13-8-17-4-5-18(9-13)21-17)22-15-2-1-3-16(11-15)23-20(25)14-6-7-26-12-14;/h1-3,6-7,11-13,17-18,21H,4-5,8-10H2,(H,22,24)(H,23,25);1H. The Labute approximate surface area is 164 Å². The number of carbonyl (C=O) groups is 2. The molecular weight excluding hydrogens is 366 g/mol. The van der Waals surface area contributed by atoms with Gasteiger partial charge in [0.15, 0.2) is 0 Å². The number of hydrogen-bond acceptors (Lipinski definition) is 4. The van der Waals surface area contributed by atoms with E-state index in [4.69, 9.17) is 4.42 Å². The van der Waals surface area contributed by atoms with Gasteiger partial charge in [-0.05, 0) is 55.9 Å². The molecule has 4 rings (SSSR count). The van der Waals surface area contributed by atoms with E-state index in [2.05, 4.69) is 16.0 Å². The maximum atomic E-state index is 12.4. The fourth-order valence-electron chi connectivity index (χ4n) is 4.09. The first-order chi connectivity index (χ1) is 12.7. The molecule has 2 aliphatic rings. The quantitative estimate of drug-likeness (QED) is 0.726. The van der Waals surface area contributed by atoms with Crippen molar-refractivity contribution in [2.45, 2.75) is 44.2 Å². The van der Waals surface area contributed by atoms with Gasteiger partial charge in [0.1, 0.15) is 6.26 Å². The van der Waals surface area contributed by atoms with Crippen molar-refractivity contribution in [2.24, 2.45) is 5.92 Å². The number of halogens is 1. The summed E-state index contributed by atoms with van der Waals surface area (Å²) in [4.78, 5) is 24.5. The van der Waals surface area contributed by atoms with E-state index < -0.39 is 0 Å². The van der Waals surface area contributed by atoms with Gasteiger partial charge in [-0.2, -0.15) is 0 Å². The highest BCUT2D eigenvalue weighted by Crippen LogP contribution is 2.32. The number of benzene rings is 1. The normalized spacial score (nSPS) is 23.3. The second kappa shape index (κ2) is 8.59. The number of piperidine rings is 1. The Hall–Kier alpha value is -2.31. The first kappa shape index (κ1) is 19.5. The Balaban J connectivity index is 0.00000210. The van der Waals surface area contributed by atoms with E-state index in [0.29, 0.717) is 41.4 Å². The van der Waals surface area contributed by atoms with Gasteiger partial charge in [0.2, 0.25) is 5.91 Å². The zero-order chi connectivity index (χ0) is 17.9. The molecule has 2 amide bonds. The van der Waals surface area contributed by atoms with Gasteiger partial charge >= 0.3 is 0 Å². The van der Waals surface area contributed by atoms with Gasteiger partial charge in [-0.1, -0.05) is 6.07 Å². The molecule has 27 heavy (non-hydrogen) atoms. The lowest BCUT2D eigenvalue weighted by Gasteiger charge is -2.28. The molecule has 2 unspecified atom stereocenters. The maximum Gasteiger partial charge on any atom is 0.258 e. The fourth-order valence-corrected chi connectivity index (χ4v) is 4.09. The van der Waals surface area contributed by atoms with E-state index >= 15 is 0 Å². The lowest BCUT2D eigenvalue weighted by molar-refractivity contribution is -0.117. The third-order valence-corrected chi connectivity index (χ3v) is 5.23. The first-order valence-electron chi connectivity index (χ1n) is 9.15. The summed E-state index contributed by atoms with van der Waals surface area (Å²) in [6.45, 7) is 0. The smallest absolute Gasteiger partial charge is 0.258 e. The van der Waals surface area contributed by atoms with Crippen LogP contribution in [-0.2, 0) is 4.79 Å². The zero-order valence-electron chi connectivity index (χ0n) is 14.9. The third kappa shape index (κ3) is 4.90. The van der Waals surface area contributed by atoms with Crippen LogP contribution in [0, 0.1) is 5.92 Å². The largest absolute Gasteiger partial charge is 0.472 e. The lowest BCUT2D eigenvalue weighted by Crippen LogP contribution is -2.39. The van der Waals surface area contributed by atoms with Crippen LogP contribution in [0.25, 0.3) is 0 Å². The summed E-state index contributed by atoms with van der Waals surface area (Å²) in [6.07, 6.45) is 8.06. The van der Waals surface area contributed by atoms with E-state index in [1.54, 1.807) is 18.2 Å². The molecule has 0 aliphatic carbocycles. The summed E-state index contributed by atoms with van der Waals surface area (Å²) >= 11 is 0. The van der Waals surface area contributed by atoms with Crippen molar-refractivity contribution >= 4 is 35.6 Å². The zero-order valence-corrected chi connectivity index (χ0v) is 15.8. The van der Waals surface area contributed by atoms with Gasteiger partial charge in [0, 0.05) is 29.9 Å². The molecular formula is C20H24ClN3O3. The van der Waals surface area contributed by atoms with Gasteiger partial charge in [0.25, 0.3) is 5.91 Å². The van der Waals surface area contributed by atoms with Crippen LogP contribution in [0.3, 0.4) is 0 Å². The number of rotatable bonds is 5. The van der Waals surface area contributed by atoms with E-state index in [-0.39, 0.29) is 24.2 Å². The molecule has 2 saturated heterocycles. The number of nitrogens with one attached hydrogen (secondary N) is 3. The maximum absolute atomic E-state index is 12.4. The third-order valence-electron chi connectivity index (χ3n) is 5.23. The first-order valence-corrected chi connectivity index (χ1v) is 9.15. The average Bonchev–Trinajstić information content (AvgIpc) is 3.25. The van der Waals surface area contributed by atoms with Crippen LogP contribution >= 0.6 is 12.4 Å². The summed E-state index contributed by atoms with van der Waals surface area (Å²) in [5.41, 5.74) is 1.78. The molecule has 2 aliphatic heterocycles. The molecule has 6 nitrogen and oxygen atoms in total. The Morgan fingerprint density at radius 1 is 1.07 bits per heavy atom. The molecule has 7 heteroatoms. The van der Waals surface area contributed by atoms with Crippen LogP contribution in [0.2, 0.25) is 0 Å². The van der Waals surface area contributed by atoms with Crippen molar-refractivity contribution < 1.29 is 14.0 Å². The Bertz CT molecular complexity index is 782. The van der Waals surface area contributed by atoms with E-state index in [0.717, 1.165) is 12.8 Å². The highest BCUT2D eigenvalue weighted by atomic mass is 35.5. The molecule has 2 fully saturated rings. The van der Waals surface area contributed by atoms with Crippen LogP contribution in [-0.4, -0.2) is 23.9 Å². The van der Waals surface area contributed by atoms with Gasteiger partial charge in [-0.15, -0.1) is 12.4 Å². The number of fused-ring (bicyclic) bond motifs is 2. The molecule has 2 atom stereocenters. The van der Waals surface area contributed by atoms with Crippen LogP contribution < -0.4 is 16.0 Å². The SMILES string of the molecule is Cl.O=C(CC1CC2CCC(C1)N2)Nc1cccc(NC(=O)c2ccoc2)c1. The van der Waals surface area contributed by atoms with Crippen LogP contribution in [0.5, 0.6) is 0 Å². The number of amides is 2. The Morgan fingerprint density at radius 3 is 2.44 bits per heavy atom. The summed E-state index contributed by atoms with van der Waals surface area (Å²) < 4.78 is 4.92. The molecule has 2 bridgehead atoms. The summed E-state index contributed by atoms with van der Waals surface area (Å²) in [5, 5.41) is 9.36. The number of hydrogen-bond donors (Lipinski definition) is 3. The van der Waals surface area contributed by atoms with E-state index in [1.807, 2.05) is 12.1 Å². The van der Waals surface area contributed by atoms with E-state index in [9.17, 15) is 9.59 Å².